The van der Waals surface area contributed by atoms with Crippen molar-refractivity contribution >= 4 is 16.8 Å². The van der Waals surface area contributed by atoms with E-state index in [0.717, 1.165) is 0 Å². The van der Waals surface area contributed by atoms with Gasteiger partial charge in [-0.3, -0.25) is 9.59 Å². The number of hydrogen-bond donors (Lipinski definition) is 1. The molecular weight excluding hydrogens is 266 g/mol. The van der Waals surface area contributed by atoms with Gasteiger partial charge in [0.25, 0.3) is 5.56 Å². The number of H-pyrrole nitrogens is 1. The number of carbonyl (C=O) groups is 1. The molecule has 0 saturated heterocycles. The van der Waals surface area contributed by atoms with Crippen LogP contribution in [0.4, 0.5) is 0 Å². The highest BCUT2D eigenvalue weighted by Gasteiger charge is 2.21. The normalized spacial score (nSPS) is 11.3. The molecule has 0 atom stereocenters. The third-order valence-electron chi connectivity index (χ3n) is 3.38. The van der Waals surface area contributed by atoms with Gasteiger partial charge in [0.2, 0.25) is 5.91 Å². The Bertz CT molecular complexity index is 704. The maximum atomic E-state index is 12.2. The van der Waals surface area contributed by atoms with Crippen molar-refractivity contribution in [3.05, 3.63) is 40.4 Å². The van der Waals surface area contributed by atoms with Crippen molar-refractivity contribution in [1.82, 2.24) is 14.9 Å². The lowest BCUT2D eigenvalue weighted by atomic mass is 10.1. The largest absolute Gasteiger partial charge is 0.333 e. The zero-order valence-electron chi connectivity index (χ0n) is 12.9. The molecule has 0 fully saturated rings. The SMILES string of the molecule is CC(C)C(=O)N(Cc1nc2ccccc2c(=O)[nH]1)C(C)C. The molecule has 21 heavy (non-hydrogen) atoms. The maximum Gasteiger partial charge on any atom is 0.258 e. The summed E-state index contributed by atoms with van der Waals surface area (Å²) < 4.78 is 0. The zero-order valence-corrected chi connectivity index (χ0v) is 12.9. The summed E-state index contributed by atoms with van der Waals surface area (Å²) in [5.74, 6) is 0.488. The van der Waals surface area contributed by atoms with Crippen molar-refractivity contribution in [3.8, 4) is 0 Å². The molecule has 0 radical (unpaired) electrons. The highest BCUT2D eigenvalue weighted by molar-refractivity contribution is 5.79. The third kappa shape index (κ3) is 3.29. The van der Waals surface area contributed by atoms with Crippen molar-refractivity contribution in [1.29, 1.82) is 0 Å². The number of carbonyl (C=O) groups excluding carboxylic acids is 1. The molecule has 1 amide bonds. The molecule has 5 nitrogen and oxygen atoms in total. The van der Waals surface area contributed by atoms with Crippen LogP contribution in [0, 0.1) is 5.92 Å². The Balaban J connectivity index is 2.37. The number of nitrogens with zero attached hydrogens (tertiary/aromatic N) is 2. The number of benzene rings is 1. The first-order valence-electron chi connectivity index (χ1n) is 7.18. The Morgan fingerprint density at radius 3 is 2.52 bits per heavy atom. The summed E-state index contributed by atoms with van der Waals surface area (Å²) in [6.45, 7) is 7.97. The van der Waals surface area contributed by atoms with Gasteiger partial charge in [0.15, 0.2) is 0 Å². The van der Waals surface area contributed by atoms with Gasteiger partial charge in [-0.2, -0.15) is 0 Å². The first kappa shape index (κ1) is 15.2. The molecule has 0 aliphatic heterocycles. The average molecular weight is 287 g/mol. The van der Waals surface area contributed by atoms with E-state index in [1.165, 1.54) is 0 Å². The van der Waals surface area contributed by atoms with Gasteiger partial charge in [0, 0.05) is 12.0 Å². The van der Waals surface area contributed by atoms with Crippen LogP contribution in [-0.4, -0.2) is 26.8 Å². The van der Waals surface area contributed by atoms with E-state index >= 15 is 0 Å². The fourth-order valence-electron chi connectivity index (χ4n) is 2.22. The second kappa shape index (κ2) is 6.08. The van der Waals surface area contributed by atoms with Gasteiger partial charge >= 0.3 is 0 Å². The molecule has 1 heterocycles. The summed E-state index contributed by atoms with van der Waals surface area (Å²) in [4.78, 5) is 33.3. The molecule has 112 valence electrons. The van der Waals surface area contributed by atoms with Crippen LogP contribution in [-0.2, 0) is 11.3 Å². The van der Waals surface area contributed by atoms with Gasteiger partial charge in [-0.25, -0.2) is 4.98 Å². The van der Waals surface area contributed by atoms with Crippen LogP contribution >= 0.6 is 0 Å². The van der Waals surface area contributed by atoms with E-state index in [-0.39, 0.29) is 23.4 Å². The van der Waals surface area contributed by atoms with E-state index in [9.17, 15) is 9.59 Å². The molecular formula is C16H21N3O2. The van der Waals surface area contributed by atoms with Crippen molar-refractivity contribution in [3.63, 3.8) is 0 Å². The molecule has 1 aromatic carbocycles. The van der Waals surface area contributed by atoms with Gasteiger partial charge in [-0.15, -0.1) is 0 Å². The first-order valence-corrected chi connectivity index (χ1v) is 7.18. The van der Waals surface area contributed by atoms with Gasteiger partial charge in [-0.05, 0) is 26.0 Å². The van der Waals surface area contributed by atoms with E-state index in [2.05, 4.69) is 9.97 Å². The number of fused-ring (bicyclic) bond motifs is 1. The molecule has 5 heteroatoms. The molecule has 0 saturated carbocycles. The predicted octanol–water partition coefficient (Wildman–Crippen LogP) is 2.32. The van der Waals surface area contributed by atoms with E-state index in [1.807, 2.05) is 39.8 Å². The second-order valence-electron chi connectivity index (χ2n) is 5.74. The number of aromatic nitrogens is 2. The molecule has 0 bridgehead atoms. The lowest BCUT2D eigenvalue weighted by Gasteiger charge is -2.28. The highest BCUT2D eigenvalue weighted by Crippen LogP contribution is 2.11. The third-order valence-corrected chi connectivity index (χ3v) is 3.38. The average Bonchev–Trinajstić information content (AvgIpc) is 2.43. The lowest BCUT2D eigenvalue weighted by molar-refractivity contribution is -0.137. The van der Waals surface area contributed by atoms with Crippen LogP contribution in [0.5, 0.6) is 0 Å². The highest BCUT2D eigenvalue weighted by atomic mass is 16.2. The van der Waals surface area contributed by atoms with Crippen LogP contribution in [0.3, 0.4) is 0 Å². The van der Waals surface area contributed by atoms with Crippen LogP contribution in [0.2, 0.25) is 0 Å². The first-order chi connectivity index (χ1) is 9.90. The number of nitrogens with one attached hydrogen (secondary N) is 1. The Labute approximate surface area is 124 Å². The van der Waals surface area contributed by atoms with Gasteiger partial charge in [-0.1, -0.05) is 26.0 Å². The van der Waals surface area contributed by atoms with Crippen molar-refractivity contribution < 1.29 is 4.79 Å². The summed E-state index contributed by atoms with van der Waals surface area (Å²) in [5.41, 5.74) is 0.480. The molecule has 0 aliphatic carbocycles. The van der Waals surface area contributed by atoms with Crippen LogP contribution in [0.1, 0.15) is 33.5 Å². The molecule has 1 N–H and O–H groups in total. The monoisotopic (exact) mass is 287 g/mol. The summed E-state index contributed by atoms with van der Waals surface area (Å²) in [6.07, 6.45) is 0. The fourth-order valence-corrected chi connectivity index (χ4v) is 2.22. The van der Waals surface area contributed by atoms with Gasteiger partial charge in [0.05, 0.1) is 17.4 Å². The molecule has 1 aromatic heterocycles. The Hall–Kier alpha value is -2.17. The maximum absolute atomic E-state index is 12.2. The summed E-state index contributed by atoms with van der Waals surface area (Å²) >= 11 is 0. The van der Waals surface area contributed by atoms with E-state index in [1.54, 1.807) is 17.0 Å². The molecule has 2 aromatic rings. The smallest absolute Gasteiger partial charge is 0.258 e. The number of rotatable bonds is 4. The Morgan fingerprint density at radius 1 is 1.24 bits per heavy atom. The molecule has 0 spiro atoms. The summed E-state index contributed by atoms with van der Waals surface area (Å²) in [6, 6.07) is 7.25. The minimum Gasteiger partial charge on any atom is -0.333 e. The van der Waals surface area contributed by atoms with Crippen LogP contribution in [0.15, 0.2) is 29.1 Å². The Morgan fingerprint density at radius 2 is 1.90 bits per heavy atom. The minimum atomic E-state index is -0.170. The standard InChI is InChI=1S/C16H21N3O2/c1-10(2)16(21)19(11(3)4)9-14-17-13-8-6-5-7-12(13)15(20)18-14/h5-8,10-11H,9H2,1-4H3,(H,17,18,20). The topological polar surface area (TPSA) is 66.1 Å². The number of aromatic amines is 1. The van der Waals surface area contributed by atoms with Crippen molar-refractivity contribution in [2.45, 2.75) is 40.3 Å². The van der Waals surface area contributed by atoms with Crippen molar-refractivity contribution in [2.75, 3.05) is 0 Å². The van der Waals surface area contributed by atoms with Crippen molar-refractivity contribution in [2.24, 2.45) is 5.92 Å². The van der Waals surface area contributed by atoms with Gasteiger partial charge in [0.1, 0.15) is 5.82 Å². The predicted molar refractivity (Wildman–Crippen MR) is 82.9 cm³/mol. The molecule has 2 rings (SSSR count). The summed E-state index contributed by atoms with van der Waals surface area (Å²) in [7, 11) is 0. The van der Waals surface area contributed by atoms with Crippen LogP contribution in [0.25, 0.3) is 10.9 Å². The second-order valence-corrected chi connectivity index (χ2v) is 5.74. The number of hydrogen-bond acceptors (Lipinski definition) is 3. The zero-order chi connectivity index (χ0) is 15.6. The minimum absolute atomic E-state index is 0.0525. The molecule has 0 unspecified atom stereocenters. The van der Waals surface area contributed by atoms with E-state index < -0.39 is 0 Å². The van der Waals surface area contributed by atoms with Gasteiger partial charge < -0.3 is 9.88 Å². The lowest BCUT2D eigenvalue weighted by Crippen LogP contribution is -2.39. The van der Waals surface area contributed by atoms with E-state index in [0.29, 0.717) is 23.3 Å². The van der Waals surface area contributed by atoms with E-state index in [4.69, 9.17) is 0 Å². The van der Waals surface area contributed by atoms with Crippen LogP contribution < -0.4 is 5.56 Å². The number of amides is 1. The summed E-state index contributed by atoms with van der Waals surface area (Å²) in [5, 5.41) is 0.563. The number of para-hydroxylation sites is 1. The quantitative estimate of drug-likeness (QED) is 0.938. The Kier molecular flexibility index (Phi) is 4.40. The molecule has 0 aliphatic rings. The fraction of sp³-hybridized carbons (Fsp3) is 0.438.